The minimum Gasteiger partial charge on any atom is -0.374 e. The van der Waals surface area contributed by atoms with Crippen LogP contribution in [0.5, 0.6) is 0 Å². The van der Waals surface area contributed by atoms with Crippen LogP contribution in [0.25, 0.3) is 0 Å². The van der Waals surface area contributed by atoms with Crippen molar-refractivity contribution < 1.29 is 9.59 Å². The van der Waals surface area contributed by atoms with Crippen LogP contribution in [0.15, 0.2) is 58.0 Å². The maximum Gasteiger partial charge on any atom is 0.274 e. The van der Waals surface area contributed by atoms with E-state index >= 15 is 0 Å². The van der Waals surface area contributed by atoms with Crippen molar-refractivity contribution in [3.05, 3.63) is 74.8 Å². The van der Waals surface area contributed by atoms with Crippen molar-refractivity contribution in [3.63, 3.8) is 0 Å². The molecule has 2 aromatic carbocycles. The van der Waals surface area contributed by atoms with Crippen LogP contribution < -0.4 is 16.0 Å². The molecule has 4 N–H and O–H groups in total. The topological polar surface area (TPSA) is 111 Å². The molecule has 0 fully saturated rings. The molecule has 2 amide bonds. The fourth-order valence-corrected chi connectivity index (χ4v) is 4.02. The molecule has 0 saturated carbocycles. The molecule has 33 heavy (non-hydrogen) atoms. The Bertz CT molecular complexity index is 1190. The van der Waals surface area contributed by atoms with Crippen molar-refractivity contribution in [2.45, 2.75) is 19.3 Å². The Morgan fingerprint density at radius 3 is 2.55 bits per heavy atom. The molecule has 0 atom stereocenters. The zero-order valence-corrected chi connectivity index (χ0v) is 20.0. The van der Waals surface area contributed by atoms with Crippen LogP contribution in [0.3, 0.4) is 0 Å². The highest BCUT2D eigenvalue weighted by atomic mass is 79.9. The van der Waals surface area contributed by atoms with Crippen molar-refractivity contribution in [3.8, 4) is 0 Å². The molecule has 1 aromatic heterocycles. The molecule has 0 aliphatic carbocycles. The van der Waals surface area contributed by atoms with E-state index in [0.717, 1.165) is 43.8 Å². The maximum atomic E-state index is 12.7. The molecule has 8 nitrogen and oxygen atoms in total. The lowest BCUT2D eigenvalue weighted by Crippen LogP contribution is -2.29. The van der Waals surface area contributed by atoms with Crippen LogP contribution in [0.1, 0.15) is 39.3 Å². The summed E-state index contributed by atoms with van der Waals surface area (Å²) >= 11 is 9.40. The highest BCUT2D eigenvalue weighted by molar-refractivity contribution is 9.10. The fraction of sp³-hybridized carbons (Fsp3) is 0.217. The number of benzene rings is 2. The second-order valence-electron chi connectivity index (χ2n) is 7.45. The second kappa shape index (κ2) is 10.6. The van der Waals surface area contributed by atoms with Crippen LogP contribution in [0.4, 0.5) is 11.5 Å². The number of aliphatic imine (C=N–C) groups is 1. The van der Waals surface area contributed by atoms with Crippen molar-refractivity contribution in [2.24, 2.45) is 4.99 Å². The summed E-state index contributed by atoms with van der Waals surface area (Å²) in [7, 11) is 0. The maximum absolute atomic E-state index is 12.7. The number of carbonyl (C=O) groups excluding carboxylic acids is 2. The molecule has 4 rings (SSSR count). The number of aromatic nitrogens is 2. The highest BCUT2D eigenvalue weighted by Crippen LogP contribution is 2.26. The predicted octanol–water partition coefficient (Wildman–Crippen LogP) is 4.65. The van der Waals surface area contributed by atoms with E-state index in [1.165, 1.54) is 0 Å². The Hall–Kier alpha value is -3.17. The Morgan fingerprint density at radius 1 is 1.03 bits per heavy atom. The van der Waals surface area contributed by atoms with Crippen LogP contribution in [0, 0.1) is 0 Å². The van der Waals surface area contributed by atoms with E-state index in [-0.39, 0.29) is 17.4 Å². The summed E-state index contributed by atoms with van der Waals surface area (Å²) in [6.07, 6.45) is 2.83. The molecule has 1 aliphatic heterocycles. The number of hydrogen-bond donors (Lipinski definition) is 4. The first-order valence-corrected chi connectivity index (χ1v) is 11.7. The van der Waals surface area contributed by atoms with Crippen molar-refractivity contribution in [1.29, 1.82) is 0 Å². The lowest BCUT2D eigenvalue weighted by Gasteiger charge is -2.14. The largest absolute Gasteiger partial charge is 0.374 e. The van der Waals surface area contributed by atoms with Gasteiger partial charge in [0, 0.05) is 25.2 Å². The van der Waals surface area contributed by atoms with Gasteiger partial charge >= 0.3 is 0 Å². The first kappa shape index (κ1) is 23.0. The summed E-state index contributed by atoms with van der Waals surface area (Å²) in [5.74, 6) is 0.436. The van der Waals surface area contributed by atoms with Crippen molar-refractivity contribution in [2.75, 3.05) is 23.7 Å². The predicted molar refractivity (Wildman–Crippen MR) is 133 cm³/mol. The second-order valence-corrected chi connectivity index (χ2v) is 8.66. The summed E-state index contributed by atoms with van der Waals surface area (Å²) in [5.41, 5.74) is 2.32. The number of aromatic amines is 1. The average Bonchev–Trinajstić information content (AvgIpc) is 3.19. The van der Waals surface area contributed by atoms with E-state index in [1.54, 1.807) is 24.3 Å². The number of rotatable bonds is 7. The summed E-state index contributed by atoms with van der Waals surface area (Å²) < 4.78 is 0.345. The van der Waals surface area contributed by atoms with E-state index in [0.29, 0.717) is 20.7 Å². The molecule has 1 aliphatic rings. The zero-order valence-electron chi connectivity index (χ0n) is 17.6. The standard InChI is InChI=1S/C23H22BrClN6O2/c24-19-20(30-31-21(19)29-22(32)16-4-1-2-5-17(16)25)23(33)28-15-9-6-14(7-10-15)8-11-18-26-12-3-13-27-18/h1-2,4-7,9-10H,3,8,11-13H2,(H,26,27)(H,28,33)(H2,29,30,31,32). The van der Waals surface area contributed by atoms with Gasteiger partial charge in [-0.25, -0.2) is 0 Å². The molecule has 0 bridgehead atoms. The molecule has 0 spiro atoms. The lowest BCUT2D eigenvalue weighted by molar-refractivity contribution is 0.101. The number of amidine groups is 1. The van der Waals surface area contributed by atoms with Gasteiger partial charge < -0.3 is 16.0 Å². The van der Waals surface area contributed by atoms with Crippen molar-refractivity contribution >= 4 is 56.7 Å². The Balaban J connectivity index is 1.36. The number of hydrogen-bond acceptors (Lipinski definition) is 5. The third-order valence-electron chi connectivity index (χ3n) is 5.11. The Kier molecular flexibility index (Phi) is 7.41. The van der Waals surface area contributed by atoms with E-state index in [9.17, 15) is 9.59 Å². The molecule has 0 unspecified atom stereocenters. The Labute approximate surface area is 204 Å². The van der Waals surface area contributed by atoms with Gasteiger partial charge in [0.05, 0.1) is 20.9 Å². The SMILES string of the molecule is O=C(Nc1n[nH]c(C(=O)Nc2ccc(CCC3=NCCCN3)cc2)c1Br)c1ccccc1Cl. The minimum atomic E-state index is -0.426. The van der Waals surface area contributed by atoms with Gasteiger partial charge in [0.2, 0.25) is 0 Å². The van der Waals surface area contributed by atoms with Crippen LogP contribution in [-0.2, 0) is 6.42 Å². The Morgan fingerprint density at radius 2 is 1.82 bits per heavy atom. The molecule has 170 valence electrons. The van der Waals surface area contributed by atoms with Gasteiger partial charge in [0.15, 0.2) is 5.82 Å². The first-order valence-electron chi connectivity index (χ1n) is 10.5. The number of aryl methyl sites for hydroxylation is 1. The monoisotopic (exact) mass is 528 g/mol. The number of H-pyrrole nitrogens is 1. The molecular weight excluding hydrogens is 508 g/mol. The molecule has 2 heterocycles. The average molecular weight is 530 g/mol. The number of nitrogens with one attached hydrogen (secondary N) is 4. The van der Waals surface area contributed by atoms with Crippen LogP contribution in [-0.4, -0.2) is 40.9 Å². The quantitative estimate of drug-likeness (QED) is 0.357. The first-order chi connectivity index (χ1) is 16.0. The van der Waals surface area contributed by atoms with Gasteiger partial charge in [0.1, 0.15) is 5.69 Å². The third-order valence-corrected chi connectivity index (χ3v) is 6.21. The number of anilines is 2. The summed E-state index contributed by atoms with van der Waals surface area (Å²) in [6, 6.07) is 14.4. The molecule has 0 radical (unpaired) electrons. The van der Waals surface area contributed by atoms with E-state index in [4.69, 9.17) is 11.6 Å². The van der Waals surface area contributed by atoms with E-state index < -0.39 is 5.91 Å². The normalized spacial score (nSPS) is 13.1. The number of nitrogens with zero attached hydrogens (tertiary/aromatic N) is 2. The van der Waals surface area contributed by atoms with Gasteiger partial charge in [-0.1, -0.05) is 35.9 Å². The van der Waals surface area contributed by atoms with Crippen LogP contribution >= 0.6 is 27.5 Å². The fourth-order valence-electron chi connectivity index (χ4n) is 3.34. The lowest BCUT2D eigenvalue weighted by atomic mass is 10.1. The number of amides is 2. The van der Waals surface area contributed by atoms with Crippen molar-refractivity contribution in [1.82, 2.24) is 15.5 Å². The van der Waals surface area contributed by atoms with Gasteiger partial charge in [-0.05, 0) is 58.6 Å². The van der Waals surface area contributed by atoms with E-state index in [2.05, 4.69) is 47.1 Å². The van der Waals surface area contributed by atoms with Gasteiger partial charge in [-0.2, -0.15) is 5.10 Å². The summed E-state index contributed by atoms with van der Waals surface area (Å²) in [6.45, 7) is 1.88. The minimum absolute atomic E-state index is 0.190. The van der Waals surface area contributed by atoms with E-state index in [1.807, 2.05) is 24.3 Å². The summed E-state index contributed by atoms with van der Waals surface area (Å²) in [5, 5.41) is 15.8. The smallest absolute Gasteiger partial charge is 0.274 e. The molecule has 0 saturated heterocycles. The van der Waals surface area contributed by atoms with Gasteiger partial charge in [0.25, 0.3) is 11.8 Å². The van der Waals surface area contributed by atoms with Crippen LogP contribution in [0.2, 0.25) is 5.02 Å². The van der Waals surface area contributed by atoms with Gasteiger partial charge in [-0.15, -0.1) is 0 Å². The zero-order chi connectivity index (χ0) is 23.2. The number of halogens is 2. The number of carbonyl (C=O) groups is 2. The molecular formula is C23H22BrClN6O2. The molecule has 10 heteroatoms. The van der Waals surface area contributed by atoms with Gasteiger partial charge in [-0.3, -0.25) is 19.7 Å². The highest BCUT2D eigenvalue weighted by Gasteiger charge is 2.20. The molecule has 3 aromatic rings. The third kappa shape index (κ3) is 5.80. The summed E-state index contributed by atoms with van der Waals surface area (Å²) in [4.78, 5) is 29.7.